The molecule has 0 saturated heterocycles. The van der Waals surface area contributed by atoms with E-state index in [-0.39, 0.29) is 5.41 Å². The molecule has 268 valence electrons. The molecule has 0 saturated carbocycles. The van der Waals surface area contributed by atoms with Gasteiger partial charge in [0.25, 0.3) is 0 Å². The average molecular weight is 726 g/mol. The molecule has 9 aromatic rings. The SMILES string of the molecule is CC1(C)c2ccccc2-c2ccc(N(c3ccc(-c4ccccc4)cc3)c3cccc4c3-c3ccccc3C43c4ccccc4-c4ccc5ccccc5c43)cc21. The average Bonchev–Trinajstić information content (AvgIpc) is 3.83. The summed E-state index contributed by atoms with van der Waals surface area (Å²) >= 11 is 0. The fourth-order valence-electron chi connectivity index (χ4n) is 10.8. The number of nitrogens with zero attached hydrogens (tertiary/aromatic N) is 1. The largest absolute Gasteiger partial charge is 0.310 e. The fraction of sp³-hybridized carbons (Fsp3) is 0.0714. The zero-order chi connectivity index (χ0) is 37.9. The van der Waals surface area contributed by atoms with Gasteiger partial charge in [0.15, 0.2) is 0 Å². The Bertz CT molecular complexity index is 3100. The molecule has 3 aliphatic rings. The van der Waals surface area contributed by atoms with Gasteiger partial charge in [-0.1, -0.05) is 184 Å². The summed E-state index contributed by atoms with van der Waals surface area (Å²) in [4.78, 5) is 2.52. The molecule has 0 heterocycles. The van der Waals surface area contributed by atoms with Gasteiger partial charge >= 0.3 is 0 Å². The molecule has 9 aromatic carbocycles. The van der Waals surface area contributed by atoms with Gasteiger partial charge in [0.1, 0.15) is 0 Å². The summed E-state index contributed by atoms with van der Waals surface area (Å²) in [6.45, 7) is 4.75. The third-order valence-corrected chi connectivity index (χ3v) is 13.3. The normalized spacial score (nSPS) is 16.1. The van der Waals surface area contributed by atoms with Crippen LogP contribution in [0.3, 0.4) is 0 Å². The third-order valence-electron chi connectivity index (χ3n) is 13.3. The molecular weight excluding hydrogens is 687 g/mol. The molecule has 1 nitrogen and oxygen atoms in total. The van der Waals surface area contributed by atoms with Crippen molar-refractivity contribution in [1.82, 2.24) is 0 Å². The van der Waals surface area contributed by atoms with Crippen molar-refractivity contribution in [2.75, 3.05) is 4.90 Å². The van der Waals surface area contributed by atoms with Gasteiger partial charge in [0.05, 0.1) is 11.1 Å². The van der Waals surface area contributed by atoms with E-state index in [0.717, 1.165) is 11.4 Å². The molecule has 1 atom stereocenters. The molecule has 1 spiro atoms. The number of anilines is 3. The molecule has 0 radical (unpaired) electrons. The summed E-state index contributed by atoms with van der Waals surface area (Å²) in [5, 5.41) is 2.58. The predicted molar refractivity (Wildman–Crippen MR) is 238 cm³/mol. The third kappa shape index (κ3) is 4.29. The molecule has 3 aliphatic carbocycles. The van der Waals surface area contributed by atoms with Crippen molar-refractivity contribution >= 4 is 27.8 Å². The molecule has 57 heavy (non-hydrogen) atoms. The Morgan fingerprint density at radius 2 is 0.930 bits per heavy atom. The number of hydrogen-bond donors (Lipinski definition) is 0. The maximum atomic E-state index is 2.52. The van der Waals surface area contributed by atoms with Crippen molar-refractivity contribution in [1.29, 1.82) is 0 Å². The van der Waals surface area contributed by atoms with E-state index in [1.807, 2.05) is 0 Å². The summed E-state index contributed by atoms with van der Waals surface area (Å²) < 4.78 is 0. The lowest BCUT2D eigenvalue weighted by Gasteiger charge is -2.33. The van der Waals surface area contributed by atoms with Crippen LogP contribution in [0.25, 0.3) is 55.3 Å². The number of benzene rings is 9. The van der Waals surface area contributed by atoms with Gasteiger partial charge in [-0.05, 0) is 113 Å². The minimum absolute atomic E-state index is 0.127. The predicted octanol–water partition coefficient (Wildman–Crippen LogP) is 14.6. The van der Waals surface area contributed by atoms with Gasteiger partial charge in [0.2, 0.25) is 0 Å². The molecule has 12 rings (SSSR count). The molecule has 1 heteroatoms. The maximum absolute atomic E-state index is 2.52. The summed E-state index contributed by atoms with van der Waals surface area (Å²) in [5.41, 5.74) is 21.4. The zero-order valence-electron chi connectivity index (χ0n) is 32.0. The number of rotatable bonds is 4. The second kappa shape index (κ2) is 11.8. The Morgan fingerprint density at radius 1 is 0.368 bits per heavy atom. The first-order chi connectivity index (χ1) is 28.0. The van der Waals surface area contributed by atoms with Crippen LogP contribution in [0.4, 0.5) is 17.1 Å². The van der Waals surface area contributed by atoms with E-state index in [1.54, 1.807) is 0 Å². The molecule has 0 amide bonds. The van der Waals surface area contributed by atoms with Crippen LogP contribution in [0.15, 0.2) is 200 Å². The maximum Gasteiger partial charge on any atom is 0.0732 e. The van der Waals surface area contributed by atoms with Crippen molar-refractivity contribution in [3.05, 3.63) is 234 Å². The van der Waals surface area contributed by atoms with Crippen molar-refractivity contribution in [3.63, 3.8) is 0 Å². The van der Waals surface area contributed by atoms with Crippen LogP contribution in [-0.2, 0) is 10.8 Å². The minimum atomic E-state index is -0.473. The van der Waals surface area contributed by atoms with Crippen LogP contribution >= 0.6 is 0 Å². The van der Waals surface area contributed by atoms with Crippen molar-refractivity contribution in [2.45, 2.75) is 24.7 Å². The monoisotopic (exact) mass is 725 g/mol. The first-order valence-electron chi connectivity index (χ1n) is 20.1. The van der Waals surface area contributed by atoms with Crippen LogP contribution < -0.4 is 4.90 Å². The Hall–Kier alpha value is -6.96. The van der Waals surface area contributed by atoms with E-state index >= 15 is 0 Å². The highest BCUT2D eigenvalue weighted by Gasteiger charge is 2.53. The molecular formula is C56H39N. The molecule has 1 unspecified atom stereocenters. The van der Waals surface area contributed by atoms with Gasteiger partial charge in [-0.3, -0.25) is 0 Å². The highest BCUT2D eigenvalue weighted by molar-refractivity contribution is 6.06. The minimum Gasteiger partial charge on any atom is -0.310 e. The Morgan fingerprint density at radius 3 is 1.72 bits per heavy atom. The quantitative estimate of drug-likeness (QED) is 0.175. The Kier molecular flexibility index (Phi) is 6.67. The van der Waals surface area contributed by atoms with E-state index < -0.39 is 5.41 Å². The van der Waals surface area contributed by atoms with Crippen LogP contribution in [0.1, 0.15) is 47.2 Å². The smallest absolute Gasteiger partial charge is 0.0732 e. The molecule has 0 fully saturated rings. The van der Waals surface area contributed by atoms with Gasteiger partial charge in [0, 0.05) is 22.4 Å². The molecule has 0 bridgehead atoms. The van der Waals surface area contributed by atoms with Crippen molar-refractivity contribution in [2.24, 2.45) is 0 Å². The van der Waals surface area contributed by atoms with Crippen LogP contribution in [0, 0.1) is 0 Å². The molecule has 0 aliphatic heterocycles. The Balaban J connectivity index is 1.15. The van der Waals surface area contributed by atoms with Crippen molar-refractivity contribution in [3.8, 4) is 44.5 Å². The lowest BCUT2D eigenvalue weighted by molar-refractivity contribution is 0.660. The van der Waals surface area contributed by atoms with Gasteiger partial charge in [-0.2, -0.15) is 0 Å². The van der Waals surface area contributed by atoms with E-state index in [4.69, 9.17) is 0 Å². The second-order valence-corrected chi connectivity index (χ2v) is 16.4. The standard InChI is InChI=1S/C56H39N/c1-55(2)47-22-11-8-19-42(47)44-34-32-40(35-51(44)55)57(39-30-27-37(28-31-39)36-15-4-3-5-16-36)52-26-14-25-50-53(52)46-21-10-13-24-49(46)56(50)48-23-12-9-20-43(48)45-33-29-38-17-6-7-18-41(38)54(45)56/h3-35H,1-2H3. The topological polar surface area (TPSA) is 3.24 Å². The van der Waals surface area contributed by atoms with Gasteiger partial charge in [-0.15, -0.1) is 0 Å². The van der Waals surface area contributed by atoms with E-state index in [0.29, 0.717) is 0 Å². The van der Waals surface area contributed by atoms with E-state index in [2.05, 4.69) is 219 Å². The summed E-state index contributed by atoms with van der Waals surface area (Å²) in [5.74, 6) is 0. The van der Waals surface area contributed by atoms with Gasteiger partial charge < -0.3 is 4.90 Å². The van der Waals surface area contributed by atoms with Crippen molar-refractivity contribution < 1.29 is 0 Å². The summed E-state index contributed by atoms with van der Waals surface area (Å²) in [6, 6.07) is 74.9. The highest BCUT2D eigenvalue weighted by atomic mass is 15.1. The number of hydrogen-bond acceptors (Lipinski definition) is 1. The Labute approximate surface area is 334 Å². The summed E-state index contributed by atoms with van der Waals surface area (Å²) in [6.07, 6.45) is 0. The van der Waals surface area contributed by atoms with Crippen LogP contribution in [0.2, 0.25) is 0 Å². The lowest BCUT2D eigenvalue weighted by atomic mass is 9.69. The van der Waals surface area contributed by atoms with E-state index in [1.165, 1.54) is 94.3 Å². The van der Waals surface area contributed by atoms with Crippen LogP contribution in [0.5, 0.6) is 0 Å². The molecule has 0 aromatic heterocycles. The molecule has 0 N–H and O–H groups in total. The van der Waals surface area contributed by atoms with Crippen LogP contribution in [-0.4, -0.2) is 0 Å². The first-order valence-corrected chi connectivity index (χ1v) is 20.1. The zero-order valence-corrected chi connectivity index (χ0v) is 32.0. The number of fused-ring (bicyclic) bond motifs is 15. The lowest BCUT2D eigenvalue weighted by Crippen LogP contribution is -2.26. The van der Waals surface area contributed by atoms with E-state index in [9.17, 15) is 0 Å². The highest BCUT2D eigenvalue weighted by Crippen LogP contribution is 2.66. The second-order valence-electron chi connectivity index (χ2n) is 16.4. The first kappa shape index (κ1) is 32.3. The fourth-order valence-corrected chi connectivity index (χ4v) is 10.8. The van der Waals surface area contributed by atoms with Gasteiger partial charge in [-0.25, -0.2) is 0 Å². The summed E-state index contributed by atoms with van der Waals surface area (Å²) in [7, 11) is 0.